The van der Waals surface area contributed by atoms with Crippen LogP contribution in [0, 0.1) is 13.8 Å². The Labute approximate surface area is 82.3 Å². The molecule has 1 aromatic heterocycles. The molecule has 4 heteroatoms. The van der Waals surface area contributed by atoms with Crippen LogP contribution in [-0.2, 0) is 9.53 Å². The first-order valence-electron chi connectivity index (χ1n) is 4.31. The van der Waals surface area contributed by atoms with E-state index in [2.05, 4.69) is 9.72 Å². The van der Waals surface area contributed by atoms with E-state index in [-0.39, 0.29) is 12.2 Å². The van der Waals surface area contributed by atoms with Gasteiger partial charge in [0.25, 0.3) is 0 Å². The molecule has 0 radical (unpaired) electrons. The minimum absolute atomic E-state index is 0.211. The summed E-state index contributed by atoms with van der Waals surface area (Å²) in [5.41, 5.74) is 2.26. The third kappa shape index (κ3) is 2.22. The van der Waals surface area contributed by atoms with E-state index < -0.39 is 5.97 Å². The topological polar surface area (TPSA) is 59.2 Å². The largest absolute Gasteiger partial charge is 0.469 e. The van der Waals surface area contributed by atoms with Crippen LogP contribution in [0.15, 0.2) is 6.07 Å². The number of ether oxygens (including phenoxy) is 1. The fraction of sp³-hybridized carbons (Fsp3) is 0.400. The number of aryl methyl sites for hydroxylation is 2. The summed E-state index contributed by atoms with van der Waals surface area (Å²) < 4.78 is 4.42. The SMILES string of the molecule is COC(=O)CC(=O)c1[nH]c(C)cc1C. The van der Waals surface area contributed by atoms with E-state index in [4.69, 9.17) is 0 Å². The van der Waals surface area contributed by atoms with Gasteiger partial charge in [0, 0.05) is 5.69 Å². The zero-order valence-electron chi connectivity index (χ0n) is 8.51. The monoisotopic (exact) mass is 195 g/mol. The normalized spacial score (nSPS) is 9.93. The van der Waals surface area contributed by atoms with Gasteiger partial charge in [-0.1, -0.05) is 0 Å². The summed E-state index contributed by atoms with van der Waals surface area (Å²) in [7, 11) is 1.27. The van der Waals surface area contributed by atoms with Crippen LogP contribution in [-0.4, -0.2) is 23.8 Å². The molecule has 0 unspecified atom stereocenters. The van der Waals surface area contributed by atoms with E-state index in [0.29, 0.717) is 5.69 Å². The molecule has 0 bridgehead atoms. The third-order valence-electron chi connectivity index (χ3n) is 1.96. The predicted molar refractivity (Wildman–Crippen MR) is 51.2 cm³/mol. The molecule has 0 aliphatic rings. The summed E-state index contributed by atoms with van der Waals surface area (Å²) in [5, 5.41) is 0. The van der Waals surface area contributed by atoms with Crippen LogP contribution in [0.1, 0.15) is 28.2 Å². The summed E-state index contributed by atoms with van der Waals surface area (Å²) in [4.78, 5) is 25.3. The highest BCUT2D eigenvalue weighted by molar-refractivity contribution is 6.05. The summed E-state index contributed by atoms with van der Waals surface area (Å²) in [5.74, 6) is -0.746. The van der Waals surface area contributed by atoms with Crippen LogP contribution in [0.5, 0.6) is 0 Å². The van der Waals surface area contributed by atoms with E-state index in [0.717, 1.165) is 11.3 Å². The predicted octanol–water partition coefficient (Wildman–Crippen LogP) is 1.38. The average molecular weight is 195 g/mol. The summed E-state index contributed by atoms with van der Waals surface area (Å²) in [6.45, 7) is 3.69. The van der Waals surface area contributed by atoms with E-state index in [1.807, 2.05) is 19.9 Å². The van der Waals surface area contributed by atoms with Crippen molar-refractivity contribution in [3.05, 3.63) is 23.0 Å². The maximum atomic E-state index is 11.5. The second-order valence-corrected chi connectivity index (χ2v) is 3.19. The van der Waals surface area contributed by atoms with Crippen molar-refractivity contribution < 1.29 is 14.3 Å². The van der Waals surface area contributed by atoms with Gasteiger partial charge < -0.3 is 9.72 Å². The average Bonchev–Trinajstić information content (AvgIpc) is 2.45. The Kier molecular flexibility index (Phi) is 3.06. The standard InChI is InChI=1S/C10H13NO3/c1-6-4-7(2)11-10(6)8(12)5-9(13)14-3/h4,11H,5H2,1-3H3. The Morgan fingerprint density at radius 2 is 2.07 bits per heavy atom. The fourth-order valence-corrected chi connectivity index (χ4v) is 1.31. The van der Waals surface area contributed by atoms with Gasteiger partial charge in [-0.15, -0.1) is 0 Å². The zero-order valence-corrected chi connectivity index (χ0v) is 8.51. The minimum atomic E-state index is -0.512. The lowest BCUT2D eigenvalue weighted by atomic mass is 10.1. The first kappa shape index (κ1) is 10.5. The number of hydrogen-bond donors (Lipinski definition) is 1. The molecule has 0 amide bonds. The van der Waals surface area contributed by atoms with Gasteiger partial charge in [0.1, 0.15) is 6.42 Å². The van der Waals surface area contributed by atoms with E-state index in [1.165, 1.54) is 7.11 Å². The number of nitrogens with one attached hydrogen (secondary N) is 1. The van der Waals surface area contributed by atoms with Gasteiger partial charge in [-0.25, -0.2) is 0 Å². The number of H-pyrrole nitrogens is 1. The van der Waals surface area contributed by atoms with Gasteiger partial charge in [0.05, 0.1) is 12.8 Å². The highest BCUT2D eigenvalue weighted by Gasteiger charge is 2.15. The number of Topliss-reactive ketones (excluding diaryl/α,β-unsaturated/α-hetero) is 1. The number of carbonyl (C=O) groups is 2. The maximum Gasteiger partial charge on any atom is 0.313 e. The van der Waals surface area contributed by atoms with Crippen LogP contribution in [0.3, 0.4) is 0 Å². The highest BCUT2D eigenvalue weighted by Crippen LogP contribution is 2.11. The molecule has 1 heterocycles. The molecular formula is C10H13NO3. The Morgan fingerprint density at radius 1 is 1.43 bits per heavy atom. The molecule has 0 aromatic carbocycles. The smallest absolute Gasteiger partial charge is 0.313 e. The first-order valence-corrected chi connectivity index (χ1v) is 4.31. The summed E-state index contributed by atoms with van der Waals surface area (Å²) in [6.07, 6.45) is -0.211. The van der Waals surface area contributed by atoms with Crippen LogP contribution >= 0.6 is 0 Å². The van der Waals surface area contributed by atoms with E-state index in [1.54, 1.807) is 0 Å². The first-order chi connectivity index (χ1) is 6.54. The number of ketones is 1. The van der Waals surface area contributed by atoms with E-state index in [9.17, 15) is 9.59 Å². The van der Waals surface area contributed by atoms with Crippen LogP contribution in [0.25, 0.3) is 0 Å². The molecule has 0 aliphatic carbocycles. The number of methoxy groups -OCH3 is 1. The van der Waals surface area contributed by atoms with Crippen molar-refractivity contribution in [3.63, 3.8) is 0 Å². The van der Waals surface area contributed by atoms with Gasteiger partial charge in [-0.2, -0.15) is 0 Å². The van der Waals surface area contributed by atoms with Crippen molar-refractivity contribution in [2.45, 2.75) is 20.3 Å². The Hall–Kier alpha value is -1.58. The molecule has 0 aliphatic heterocycles. The van der Waals surface area contributed by atoms with Gasteiger partial charge >= 0.3 is 5.97 Å². The van der Waals surface area contributed by atoms with Gasteiger partial charge in [0.15, 0.2) is 5.78 Å². The van der Waals surface area contributed by atoms with Crippen molar-refractivity contribution in [3.8, 4) is 0 Å². The van der Waals surface area contributed by atoms with Crippen LogP contribution < -0.4 is 0 Å². The molecule has 4 nitrogen and oxygen atoms in total. The molecule has 0 saturated carbocycles. The lowest BCUT2D eigenvalue weighted by Crippen LogP contribution is -2.10. The van der Waals surface area contributed by atoms with Crippen LogP contribution in [0.4, 0.5) is 0 Å². The van der Waals surface area contributed by atoms with Crippen molar-refractivity contribution in [1.82, 2.24) is 4.98 Å². The Bertz CT molecular complexity index is 365. The van der Waals surface area contributed by atoms with Crippen molar-refractivity contribution in [1.29, 1.82) is 0 Å². The molecular weight excluding hydrogens is 182 g/mol. The molecule has 1 N–H and O–H groups in total. The van der Waals surface area contributed by atoms with E-state index >= 15 is 0 Å². The van der Waals surface area contributed by atoms with Gasteiger partial charge in [-0.3, -0.25) is 9.59 Å². The lowest BCUT2D eigenvalue weighted by Gasteiger charge is -1.98. The molecule has 1 aromatic rings. The fourth-order valence-electron chi connectivity index (χ4n) is 1.31. The second kappa shape index (κ2) is 4.09. The molecule has 0 atom stereocenters. The molecule has 1 rings (SSSR count). The molecule has 0 fully saturated rings. The summed E-state index contributed by atoms with van der Waals surface area (Å²) >= 11 is 0. The molecule has 0 spiro atoms. The van der Waals surface area contributed by atoms with Crippen LogP contribution in [0.2, 0.25) is 0 Å². The maximum absolute atomic E-state index is 11.5. The zero-order chi connectivity index (χ0) is 10.7. The van der Waals surface area contributed by atoms with Crippen molar-refractivity contribution in [2.75, 3.05) is 7.11 Å². The molecule has 14 heavy (non-hydrogen) atoms. The number of rotatable bonds is 3. The minimum Gasteiger partial charge on any atom is -0.469 e. The Morgan fingerprint density at radius 3 is 2.50 bits per heavy atom. The Balaban J connectivity index is 2.79. The summed E-state index contributed by atoms with van der Waals surface area (Å²) in [6, 6.07) is 1.87. The third-order valence-corrected chi connectivity index (χ3v) is 1.96. The second-order valence-electron chi connectivity index (χ2n) is 3.19. The molecule has 76 valence electrons. The highest BCUT2D eigenvalue weighted by atomic mass is 16.5. The lowest BCUT2D eigenvalue weighted by molar-refractivity contribution is -0.139. The number of aromatic amines is 1. The number of aromatic nitrogens is 1. The van der Waals surface area contributed by atoms with Gasteiger partial charge in [-0.05, 0) is 25.5 Å². The number of carbonyl (C=O) groups excluding carboxylic acids is 2. The van der Waals surface area contributed by atoms with Crippen molar-refractivity contribution >= 4 is 11.8 Å². The quantitative estimate of drug-likeness (QED) is 0.450. The number of hydrogen-bond acceptors (Lipinski definition) is 3. The molecule has 0 saturated heterocycles. The number of esters is 1. The van der Waals surface area contributed by atoms with Crippen molar-refractivity contribution in [2.24, 2.45) is 0 Å². The van der Waals surface area contributed by atoms with Gasteiger partial charge in [0.2, 0.25) is 0 Å².